The Morgan fingerprint density at radius 3 is 2.37 bits per heavy atom. The van der Waals surface area contributed by atoms with Gasteiger partial charge < -0.3 is 14.5 Å². The zero-order valence-corrected chi connectivity index (χ0v) is 15.0. The molecule has 1 aromatic carbocycles. The van der Waals surface area contributed by atoms with Crippen LogP contribution in [-0.4, -0.2) is 54.6 Å². The van der Waals surface area contributed by atoms with Crippen LogP contribution in [0.2, 0.25) is 5.15 Å². The van der Waals surface area contributed by atoms with Crippen molar-refractivity contribution in [1.82, 2.24) is 14.8 Å². The first-order chi connectivity index (χ1) is 12.9. The molecule has 0 bridgehead atoms. The molecule has 0 spiro atoms. The van der Waals surface area contributed by atoms with E-state index in [4.69, 9.17) is 11.6 Å². The van der Waals surface area contributed by atoms with E-state index < -0.39 is 16.9 Å². The van der Waals surface area contributed by atoms with Gasteiger partial charge in [0.05, 0.1) is 6.19 Å². The first kappa shape index (κ1) is 19.6. The van der Waals surface area contributed by atoms with E-state index in [1.807, 2.05) is 29.1 Å². The highest BCUT2D eigenvalue weighted by Crippen LogP contribution is 2.33. The molecule has 27 heavy (non-hydrogen) atoms. The number of anilines is 1. The number of hydrogen-bond donors (Lipinski definition) is 0. The molecule has 0 aliphatic carbocycles. The second-order valence-corrected chi connectivity index (χ2v) is 6.50. The van der Waals surface area contributed by atoms with Crippen LogP contribution in [0.25, 0.3) is 0 Å². The number of benzene rings is 1. The third-order valence-electron chi connectivity index (χ3n) is 4.35. The molecule has 1 aliphatic heterocycles. The van der Waals surface area contributed by atoms with Gasteiger partial charge in [0, 0.05) is 44.5 Å². The molecule has 1 saturated heterocycles. The Hall–Kier alpha value is -2.13. The molecule has 0 saturated carbocycles. The topological polar surface area (TPSA) is 49.3 Å². The number of carbonyl (C=O) groups excluding carboxylic acids is 1. The quantitative estimate of drug-likeness (QED) is 0.443. The molecule has 1 aromatic heterocycles. The van der Waals surface area contributed by atoms with Crippen LogP contribution in [0.15, 0.2) is 30.5 Å². The molecule has 5 nitrogen and oxygen atoms in total. The molecule has 141 valence electrons. The van der Waals surface area contributed by atoms with Gasteiger partial charge in [0.1, 0.15) is 16.5 Å². The van der Waals surface area contributed by atoms with Crippen molar-refractivity contribution in [2.75, 3.05) is 31.1 Å². The summed E-state index contributed by atoms with van der Waals surface area (Å²) in [6, 6.07) is 7.71. The maximum absolute atomic E-state index is 12.7. The highest BCUT2D eigenvalue weighted by atomic mass is 35.5. The van der Waals surface area contributed by atoms with Crippen molar-refractivity contribution in [2.45, 2.75) is 12.6 Å². The molecule has 0 amide bonds. The molecule has 3 rings (SSSR count). The molecule has 0 atom stereocenters. The maximum atomic E-state index is 12.7. The lowest BCUT2D eigenvalue weighted by Gasteiger charge is -2.35. The van der Waals surface area contributed by atoms with E-state index in [9.17, 15) is 18.0 Å². The Morgan fingerprint density at radius 1 is 1.15 bits per heavy atom. The largest absolute Gasteiger partial charge is 0.420 e. The summed E-state index contributed by atoms with van der Waals surface area (Å²) in [7, 11) is 1.55. The summed E-state index contributed by atoms with van der Waals surface area (Å²) >= 11 is 5.64. The lowest BCUT2D eigenvalue weighted by atomic mass is 9.93. The highest BCUT2D eigenvalue weighted by molar-refractivity contribution is 6.64. The SMILES string of the molecule is O=C[B]N1CCN(c2ccc(Cc3ncc(C(F)(F)F)c(Cl)n3)cc2)CC1. The predicted octanol–water partition coefficient (Wildman–Crippen LogP) is 2.67. The minimum Gasteiger partial charge on any atom is -0.369 e. The zero-order valence-electron chi connectivity index (χ0n) is 14.3. The monoisotopic (exact) mass is 395 g/mol. The second-order valence-electron chi connectivity index (χ2n) is 6.14. The zero-order chi connectivity index (χ0) is 19.4. The fourth-order valence-electron chi connectivity index (χ4n) is 2.89. The van der Waals surface area contributed by atoms with Crippen LogP contribution in [0.3, 0.4) is 0 Å². The Morgan fingerprint density at radius 2 is 1.81 bits per heavy atom. The summed E-state index contributed by atoms with van der Waals surface area (Å²) in [5.74, 6) is 0.235. The minimum absolute atomic E-state index is 0.235. The predicted molar refractivity (Wildman–Crippen MR) is 97.6 cm³/mol. The molecule has 0 N–H and O–H groups in total. The third-order valence-corrected chi connectivity index (χ3v) is 4.64. The molecule has 1 fully saturated rings. The maximum Gasteiger partial charge on any atom is 0.420 e. The van der Waals surface area contributed by atoms with Crippen LogP contribution in [0.1, 0.15) is 17.0 Å². The van der Waals surface area contributed by atoms with Crippen molar-refractivity contribution in [2.24, 2.45) is 0 Å². The van der Waals surface area contributed by atoms with Crippen LogP contribution < -0.4 is 4.90 Å². The van der Waals surface area contributed by atoms with E-state index in [0.29, 0.717) is 6.42 Å². The lowest BCUT2D eigenvalue weighted by molar-refractivity contribution is -0.138. The minimum atomic E-state index is -4.56. The molecule has 1 aliphatic rings. The number of carbonyl (C=O) groups is 1. The number of rotatable bonds is 5. The summed E-state index contributed by atoms with van der Waals surface area (Å²) in [5, 5.41) is -0.589. The van der Waals surface area contributed by atoms with Gasteiger partial charge in [-0.05, 0) is 17.7 Å². The number of nitrogens with zero attached hydrogens (tertiary/aromatic N) is 4. The number of halogens is 4. The molecule has 2 heterocycles. The average Bonchev–Trinajstić information content (AvgIpc) is 2.62. The van der Waals surface area contributed by atoms with Gasteiger partial charge in [-0.2, -0.15) is 13.2 Å². The van der Waals surface area contributed by atoms with E-state index in [1.54, 1.807) is 7.41 Å². The molecule has 1 radical (unpaired) electrons. The van der Waals surface area contributed by atoms with Gasteiger partial charge in [0.25, 0.3) is 7.41 Å². The normalized spacial score (nSPS) is 15.6. The Balaban J connectivity index is 1.63. The first-order valence-corrected chi connectivity index (χ1v) is 8.70. The van der Waals surface area contributed by atoms with Gasteiger partial charge >= 0.3 is 6.18 Å². The van der Waals surface area contributed by atoms with Gasteiger partial charge in [-0.3, -0.25) is 0 Å². The smallest absolute Gasteiger partial charge is 0.369 e. The lowest BCUT2D eigenvalue weighted by Crippen LogP contribution is -2.48. The Bertz CT molecular complexity index is 796. The van der Waals surface area contributed by atoms with E-state index in [-0.39, 0.29) is 5.82 Å². The van der Waals surface area contributed by atoms with Crippen molar-refractivity contribution < 1.29 is 18.0 Å². The van der Waals surface area contributed by atoms with Crippen molar-refractivity contribution >= 4 is 30.9 Å². The van der Waals surface area contributed by atoms with Gasteiger partial charge in [0.15, 0.2) is 0 Å². The molecular formula is C17H16BClF3N4O. The van der Waals surface area contributed by atoms with Gasteiger partial charge in [0.2, 0.25) is 0 Å². The molecule has 10 heteroatoms. The Kier molecular flexibility index (Phi) is 6.01. The van der Waals surface area contributed by atoms with E-state index in [1.165, 1.54) is 0 Å². The summed E-state index contributed by atoms with van der Waals surface area (Å²) in [6.07, 6.45) is -2.76. The average molecular weight is 396 g/mol. The van der Waals surface area contributed by atoms with E-state index >= 15 is 0 Å². The fourth-order valence-corrected chi connectivity index (χ4v) is 3.15. The van der Waals surface area contributed by atoms with Crippen molar-refractivity contribution in [3.8, 4) is 0 Å². The third kappa shape index (κ3) is 4.98. The van der Waals surface area contributed by atoms with E-state index in [2.05, 4.69) is 14.9 Å². The summed E-state index contributed by atoms with van der Waals surface area (Å²) < 4.78 is 38.1. The van der Waals surface area contributed by atoms with Crippen LogP contribution in [0, 0.1) is 0 Å². The number of piperazine rings is 1. The van der Waals surface area contributed by atoms with Gasteiger partial charge in [-0.15, -0.1) is 0 Å². The number of hydrogen-bond acceptors (Lipinski definition) is 5. The van der Waals surface area contributed by atoms with Gasteiger partial charge in [-0.25, -0.2) is 9.97 Å². The second kappa shape index (κ2) is 8.27. The van der Waals surface area contributed by atoms with Crippen LogP contribution in [0.4, 0.5) is 18.9 Å². The first-order valence-electron chi connectivity index (χ1n) is 8.32. The molecule has 0 unspecified atom stereocenters. The summed E-state index contributed by atoms with van der Waals surface area (Å²) in [4.78, 5) is 22.2. The molecular weight excluding hydrogens is 379 g/mol. The standard InChI is InChI=1S/C17H16BClF3N4O/c19-16-14(17(20,21)22)10-23-15(24-16)9-12-1-3-13(4-2-12)25-5-7-26(8-6-25)18-11-27/h1-4,10-11H,5-9H2. The summed E-state index contributed by atoms with van der Waals surface area (Å²) in [6.45, 7) is 3.17. The van der Waals surface area contributed by atoms with Gasteiger partial charge in [-0.1, -0.05) is 23.7 Å². The van der Waals surface area contributed by atoms with Crippen LogP contribution >= 0.6 is 11.6 Å². The fraction of sp³-hybridized carbons (Fsp3) is 0.353. The van der Waals surface area contributed by atoms with Crippen molar-refractivity contribution in [3.05, 3.63) is 52.6 Å². The highest BCUT2D eigenvalue weighted by Gasteiger charge is 2.34. The summed E-state index contributed by atoms with van der Waals surface area (Å²) in [5.41, 5.74) is 0.896. The molecule has 2 aromatic rings. The van der Waals surface area contributed by atoms with Crippen molar-refractivity contribution in [1.29, 1.82) is 0 Å². The van der Waals surface area contributed by atoms with Crippen LogP contribution in [0.5, 0.6) is 0 Å². The van der Waals surface area contributed by atoms with Crippen LogP contribution in [-0.2, 0) is 17.4 Å². The number of aromatic nitrogens is 2. The van der Waals surface area contributed by atoms with Crippen molar-refractivity contribution in [3.63, 3.8) is 0 Å². The Labute approximate surface area is 160 Å². The number of alkyl halides is 3. The van der Waals surface area contributed by atoms with E-state index in [0.717, 1.165) is 49.8 Å².